The van der Waals surface area contributed by atoms with Gasteiger partial charge in [-0.15, -0.1) is 0 Å². The highest BCUT2D eigenvalue weighted by Gasteiger charge is 2.46. The molecule has 0 aliphatic carbocycles. The number of alkyl halides is 1. The third-order valence-electron chi connectivity index (χ3n) is 4.69. The van der Waals surface area contributed by atoms with E-state index in [0.29, 0.717) is 5.56 Å². The molecule has 4 atom stereocenters. The van der Waals surface area contributed by atoms with Crippen molar-refractivity contribution in [1.29, 1.82) is 0 Å². The molecule has 5 N–H and O–H groups in total. The lowest BCUT2D eigenvalue weighted by atomic mass is 10.1. The lowest BCUT2D eigenvalue weighted by molar-refractivity contribution is -0.0200. The van der Waals surface area contributed by atoms with Crippen LogP contribution in [0.5, 0.6) is 0 Å². The largest absolute Gasteiger partial charge is 0.400 e. The first-order chi connectivity index (χ1) is 14.7. The first-order valence-electron chi connectivity index (χ1n) is 9.07. The molecule has 0 spiro atoms. The summed E-state index contributed by atoms with van der Waals surface area (Å²) in [6.45, 7) is -0.470. The molecular formula is C17H18FN6O6P. The number of fused-ring (bicyclic) bond motifs is 1. The molecule has 1 aromatic carbocycles. The van der Waals surface area contributed by atoms with Crippen molar-refractivity contribution in [1.82, 2.24) is 24.6 Å². The van der Waals surface area contributed by atoms with E-state index in [1.165, 1.54) is 10.9 Å². The molecule has 0 saturated carbocycles. The fourth-order valence-corrected chi connectivity index (χ4v) is 3.62. The van der Waals surface area contributed by atoms with Crippen LogP contribution in [0.15, 0.2) is 43.0 Å². The molecule has 31 heavy (non-hydrogen) atoms. The van der Waals surface area contributed by atoms with Gasteiger partial charge >= 0.3 is 7.75 Å². The Kier molecular flexibility index (Phi) is 5.79. The molecule has 0 bridgehead atoms. The Balaban J connectivity index is 1.58. The van der Waals surface area contributed by atoms with Crippen LogP contribution in [0.1, 0.15) is 16.6 Å². The molecule has 1 fully saturated rings. The standard InChI is InChI=1S/C17H18FN6O6P/c18-11-13(25)10(6-22-31(27,28)29)30-17(11)24-8-21-12-14(19-7-20-15(12)24)23-16(26)9-4-2-1-3-5-9/h1-5,7-8,10-11,13,17,25H,6H2,(H,19,20,23,26)(H3,22,27,28,29)/t10-,11-,13-,17-/m1/s1. The molecule has 1 amide bonds. The predicted octanol–water partition coefficient (Wildman–Crippen LogP) is 0.357. The van der Waals surface area contributed by atoms with Crippen LogP contribution in [0.2, 0.25) is 0 Å². The number of ether oxygens (including phenoxy) is 1. The fourth-order valence-electron chi connectivity index (χ4n) is 3.20. The number of halogens is 1. The number of imidazole rings is 1. The van der Waals surface area contributed by atoms with Gasteiger partial charge in [-0.05, 0) is 12.1 Å². The Morgan fingerprint density at radius 1 is 1.23 bits per heavy atom. The predicted molar refractivity (Wildman–Crippen MR) is 105 cm³/mol. The van der Waals surface area contributed by atoms with Crippen LogP contribution in [-0.2, 0) is 9.30 Å². The first kappa shape index (κ1) is 21.4. The van der Waals surface area contributed by atoms with Gasteiger partial charge in [0.15, 0.2) is 29.4 Å². The monoisotopic (exact) mass is 452 g/mol. The maximum absolute atomic E-state index is 14.7. The number of carbonyl (C=O) groups excluding carboxylic acids is 1. The van der Waals surface area contributed by atoms with Crippen LogP contribution in [-0.4, -0.2) is 65.2 Å². The number of benzene rings is 1. The van der Waals surface area contributed by atoms with Crippen LogP contribution in [0.25, 0.3) is 11.2 Å². The number of aliphatic hydroxyl groups excluding tert-OH is 1. The van der Waals surface area contributed by atoms with Crippen molar-refractivity contribution in [3.63, 3.8) is 0 Å². The zero-order valence-electron chi connectivity index (χ0n) is 15.7. The van der Waals surface area contributed by atoms with Gasteiger partial charge in [-0.25, -0.2) is 29.0 Å². The van der Waals surface area contributed by atoms with Crippen molar-refractivity contribution in [2.45, 2.75) is 24.6 Å². The van der Waals surface area contributed by atoms with Crippen LogP contribution in [0, 0.1) is 0 Å². The van der Waals surface area contributed by atoms with E-state index in [1.54, 1.807) is 30.3 Å². The second-order valence-corrected chi connectivity index (χ2v) is 8.18. The molecular weight excluding hydrogens is 434 g/mol. The third kappa shape index (κ3) is 4.46. The van der Waals surface area contributed by atoms with E-state index in [2.05, 4.69) is 20.3 Å². The summed E-state index contributed by atoms with van der Waals surface area (Å²) in [6.07, 6.45) is -3.74. The molecule has 4 rings (SSSR count). The molecule has 14 heteroatoms. The topological polar surface area (TPSA) is 172 Å². The van der Waals surface area contributed by atoms with Gasteiger partial charge in [0, 0.05) is 12.1 Å². The van der Waals surface area contributed by atoms with Crippen molar-refractivity contribution < 1.29 is 33.4 Å². The molecule has 3 aromatic rings. The highest BCUT2D eigenvalue weighted by molar-refractivity contribution is 7.49. The highest BCUT2D eigenvalue weighted by Crippen LogP contribution is 2.36. The van der Waals surface area contributed by atoms with Crippen molar-refractivity contribution in [3.8, 4) is 0 Å². The number of nitrogens with zero attached hydrogens (tertiary/aromatic N) is 4. The summed E-state index contributed by atoms with van der Waals surface area (Å²) in [5, 5.41) is 14.6. The van der Waals surface area contributed by atoms with Gasteiger partial charge in [-0.1, -0.05) is 18.2 Å². The van der Waals surface area contributed by atoms with Crippen LogP contribution >= 0.6 is 7.75 Å². The van der Waals surface area contributed by atoms with Crippen LogP contribution < -0.4 is 10.4 Å². The number of anilines is 1. The van der Waals surface area contributed by atoms with E-state index < -0.39 is 44.8 Å². The summed E-state index contributed by atoms with van der Waals surface area (Å²) < 4.78 is 32.4. The minimum atomic E-state index is -4.57. The quantitative estimate of drug-likeness (QED) is 0.329. The lowest BCUT2D eigenvalue weighted by Gasteiger charge is -2.16. The molecule has 0 radical (unpaired) electrons. The van der Waals surface area contributed by atoms with E-state index in [0.717, 1.165) is 6.33 Å². The normalized spacial score (nSPS) is 23.9. The number of aromatic nitrogens is 4. The van der Waals surface area contributed by atoms with E-state index in [4.69, 9.17) is 14.5 Å². The number of nitrogens with one attached hydrogen (secondary N) is 2. The number of rotatable bonds is 6. The molecule has 1 aliphatic rings. The van der Waals surface area contributed by atoms with Crippen LogP contribution in [0.4, 0.5) is 10.2 Å². The fraction of sp³-hybridized carbons (Fsp3) is 0.294. The Morgan fingerprint density at radius 2 is 1.97 bits per heavy atom. The van der Waals surface area contributed by atoms with Gasteiger partial charge in [-0.2, -0.15) is 0 Å². The smallest absolute Gasteiger partial charge is 0.387 e. The number of hydrogen-bond acceptors (Lipinski definition) is 7. The summed E-state index contributed by atoms with van der Waals surface area (Å²) in [7, 11) is -4.57. The minimum absolute atomic E-state index is 0.103. The van der Waals surface area contributed by atoms with Crippen molar-refractivity contribution in [2.24, 2.45) is 0 Å². The minimum Gasteiger partial charge on any atom is -0.387 e. The number of aliphatic hydroxyl groups is 1. The van der Waals surface area contributed by atoms with Gasteiger partial charge in [0.05, 0.1) is 6.33 Å². The molecule has 1 aliphatic heterocycles. The van der Waals surface area contributed by atoms with E-state index in [-0.39, 0.29) is 17.0 Å². The average Bonchev–Trinajstić information content (AvgIpc) is 3.29. The summed E-state index contributed by atoms with van der Waals surface area (Å²) in [5.41, 5.74) is 0.718. The zero-order valence-corrected chi connectivity index (χ0v) is 16.6. The lowest BCUT2D eigenvalue weighted by Crippen LogP contribution is -2.35. The summed E-state index contributed by atoms with van der Waals surface area (Å²) >= 11 is 0. The van der Waals surface area contributed by atoms with Gasteiger partial charge in [-0.3, -0.25) is 9.36 Å². The Labute approximate surface area is 174 Å². The molecule has 164 valence electrons. The maximum atomic E-state index is 14.7. The SMILES string of the molecule is O=C(Nc1ncnc2c1ncn2[C@@H]1O[C@H](CNP(=O)(O)O)[C@@H](O)[C@H]1F)c1ccccc1. The first-order valence-corrected chi connectivity index (χ1v) is 10.7. The number of carbonyl (C=O) groups is 1. The van der Waals surface area contributed by atoms with Crippen molar-refractivity contribution in [2.75, 3.05) is 11.9 Å². The second kappa shape index (κ2) is 8.38. The number of amides is 1. The summed E-state index contributed by atoms with van der Waals surface area (Å²) in [6, 6.07) is 8.44. The summed E-state index contributed by atoms with van der Waals surface area (Å²) in [4.78, 5) is 42.5. The van der Waals surface area contributed by atoms with Gasteiger partial charge in [0.1, 0.15) is 18.5 Å². The van der Waals surface area contributed by atoms with Gasteiger partial charge in [0.2, 0.25) is 0 Å². The van der Waals surface area contributed by atoms with Gasteiger partial charge < -0.3 is 24.9 Å². The molecule has 1 saturated heterocycles. The Bertz CT molecular complexity index is 1140. The van der Waals surface area contributed by atoms with Gasteiger partial charge in [0.25, 0.3) is 5.91 Å². The second-order valence-electron chi connectivity index (χ2n) is 6.77. The molecule has 0 unspecified atom stereocenters. The zero-order chi connectivity index (χ0) is 22.2. The van der Waals surface area contributed by atoms with E-state index in [9.17, 15) is 18.9 Å². The van der Waals surface area contributed by atoms with Crippen molar-refractivity contribution >= 4 is 30.6 Å². The molecule has 3 heterocycles. The summed E-state index contributed by atoms with van der Waals surface area (Å²) in [5.74, 6) is -0.319. The average molecular weight is 452 g/mol. The Morgan fingerprint density at radius 3 is 2.68 bits per heavy atom. The van der Waals surface area contributed by atoms with Crippen LogP contribution in [0.3, 0.4) is 0 Å². The number of hydrogen-bond donors (Lipinski definition) is 5. The molecule has 12 nitrogen and oxygen atoms in total. The Hall–Kier alpha value is -2.80. The third-order valence-corrected chi connectivity index (χ3v) is 5.29. The van der Waals surface area contributed by atoms with E-state index in [1.807, 2.05) is 5.09 Å². The van der Waals surface area contributed by atoms with Crippen molar-refractivity contribution in [3.05, 3.63) is 48.5 Å². The molecule has 2 aromatic heterocycles. The highest BCUT2D eigenvalue weighted by atomic mass is 31.2. The van der Waals surface area contributed by atoms with E-state index >= 15 is 0 Å². The maximum Gasteiger partial charge on any atom is 0.400 e.